The minimum absolute atomic E-state index is 0.295. The fraction of sp³-hybridized carbons (Fsp3) is 0.333. The molecule has 2 N–H and O–H groups in total. The predicted molar refractivity (Wildman–Crippen MR) is 91.2 cm³/mol. The van der Waals surface area contributed by atoms with E-state index in [0.717, 1.165) is 0 Å². The number of pyridine rings is 2. The number of amides is 2. The van der Waals surface area contributed by atoms with Crippen molar-refractivity contribution in [1.29, 1.82) is 0 Å². The molecule has 2 aromatic heterocycles. The lowest BCUT2D eigenvalue weighted by Gasteiger charge is -2.30. The van der Waals surface area contributed by atoms with Gasteiger partial charge >= 0.3 is 0 Å². The smallest absolute Gasteiger partial charge is 0.269 e. The van der Waals surface area contributed by atoms with Crippen LogP contribution in [0.1, 0.15) is 45.7 Å². The number of methoxy groups -OCH3 is 1. The van der Waals surface area contributed by atoms with E-state index in [1.165, 1.54) is 0 Å². The lowest BCUT2D eigenvalue weighted by atomic mass is 9.90. The molecule has 1 aliphatic rings. The second-order valence-corrected chi connectivity index (χ2v) is 5.71. The number of hydrogen-bond acceptors (Lipinski definition) is 5. The molecule has 2 amide bonds. The summed E-state index contributed by atoms with van der Waals surface area (Å²) >= 11 is 0. The van der Waals surface area contributed by atoms with E-state index >= 15 is 0 Å². The molecule has 0 saturated heterocycles. The standard InChI is InChI=1S/C18H20N4O3/c1-3-18(25-2)14-8-4-6-12(21-14)16(23)19-10-11-20-17(24)13-7-5-9-15(18)22-13/h4-9H,3,10-11H2,1-2H3,(H,19,23)(H,20,24). The minimum Gasteiger partial charge on any atom is -0.366 e. The van der Waals surface area contributed by atoms with Crippen molar-refractivity contribution in [3.05, 3.63) is 59.2 Å². The molecule has 0 saturated carbocycles. The summed E-state index contributed by atoms with van der Waals surface area (Å²) in [5, 5.41) is 5.49. The quantitative estimate of drug-likeness (QED) is 0.858. The molecule has 0 spiro atoms. The number of nitrogens with zero attached hydrogens (tertiary/aromatic N) is 2. The third-order valence-electron chi connectivity index (χ3n) is 4.33. The highest BCUT2D eigenvalue weighted by Crippen LogP contribution is 2.34. The highest BCUT2D eigenvalue weighted by molar-refractivity contribution is 5.93. The van der Waals surface area contributed by atoms with E-state index in [-0.39, 0.29) is 11.8 Å². The molecule has 0 unspecified atom stereocenters. The van der Waals surface area contributed by atoms with E-state index in [1.54, 1.807) is 43.5 Å². The number of nitrogens with one attached hydrogen (secondary N) is 2. The van der Waals surface area contributed by atoms with E-state index in [9.17, 15) is 9.59 Å². The molecule has 0 atom stereocenters. The van der Waals surface area contributed by atoms with Crippen LogP contribution in [0.4, 0.5) is 0 Å². The van der Waals surface area contributed by atoms with Crippen molar-refractivity contribution in [2.24, 2.45) is 0 Å². The van der Waals surface area contributed by atoms with Gasteiger partial charge in [-0.25, -0.2) is 9.97 Å². The molecule has 7 heteroatoms. The van der Waals surface area contributed by atoms with Crippen LogP contribution in [0.15, 0.2) is 36.4 Å². The average Bonchev–Trinajstić information content (AvgIpc) is 2.66. The monoisotopic (exact) mass is 340 g/mol. The van der Waals surface area contributed by atoms with Gasteiger partial charge in [0.15, 0.2) is 5.60 Å². The molecule has 3 rings (SSSR count). The molecule has 25 heavy (non-hydrogen) atoms. The first-order chi connectivity index (χ1) is 12.1. The first-order valence-electron chi connectivity index (χ1n) is 8.17. The fourth-order valence-electron chi connectivity index (χ4n) is 2.95. The third-order valence-corrected chi connectivity index (χ3v) is 4.33. The molecule has 130 valence electrons. The van der Waals surface area contributed by atoms with Crippen LogP contribution in [-0.4, -0.2) is 42.0 Å². The number of ether oxygens (including phenoxy) is 1. The van der Waals surface area contributed by atoms with E-state index in [1.807, 2.05) is 6.92 Å². The number of rotatable bonds is 2. The molecular formula is C18H20N4O3. The molecular weight excluding hydrogens is 320 g/mol. The minimum atomic E-state index is -0.944. The Hall–Kier alpha value is -2.80. The molecule has 1 aliphatic heterocycles. The number of fused-ring (bicyclic) bond motifs is 4. The normalized spacial score (nSPS) is 16.7. The number of carbonyl (C=O) groups excluding carboxylic acids is 2. The largest absolute Gasteiger partial charge is 0.366 e. The van der Waals surface area contributed by atoms with Gasteiger partial charge in [0.2, 0.25) is 0 Å². The lowest BCUT2D eigenvalue weighted by Crippen LogP contribution is -2.35. The van der Waals surface area contributed by atoms with Gasteiger partial charge in [0.1, 0.15) is 11.4 Å². The molecule has 0 radical (unpaired) electrons. The zero-order valence-electron chi connectivity index (χ0n) is 14.2. The predicted octanol–water partition coefficient (Wildman–Crippen LogP) is 1.25. The van der Waals surface area contributed by atoms with Crippen LogP contribution in [0.3, 0.4) is 0 Å². The van der Waals surface area contributed by atoms with Gasteiger partial charge in [0.05, 0.1) is 11.4 Å². The first kappa shape index (κ1) is 17.0. The van der Waals surface area contributed by atoms with Crippen LogP contribution in [0, 0.1) is 0 Å². The van der Waals surface area contributed by atoms with Gasteiger partial charge in [-0.05, 0) is 30.7 Å². The summed E-state index contributed by atoms with van der Waals surface area (Å²) in [7, 11) is 1.57. The fourth-order valence-corrected chi connectivity index (χ4v) is 2.95. The van der Waals surface area contributed by atoms with Gasteiger partial charge in [-0.1, -0.05) is 19.1 Å². The maximum absolute atomic E-state index is 12.3. The van der Waals surface area contributed by atoms with E-state index in [4.69, 9.17) is 4.74 Å². The van der Waals surface area contributed by atoms with Gasteiger partial charge < -0.3 is 15.4 Å². The molecule has 3 heterocycles. The average molecular weight is 340 g/mol. The maximum atomic E-state index is 12.3. The Kier molecular flexibility index (Phi) is 4.76. The van der Waals surface area contributed by atoms with E-state index in [2.05, 4.69) is 20.6 Å². The van der Waals surface area contributed by atoms with Crippen molar-refractivity contribution in [3.8, 4) is 0 Å². The van der Waals surface area contributed by atoms with Crippen LogP contribution in [0.2, 0.25) is 0 Å². The molecule has 0 fully saturated rings. The van der Waals surface area contributed by atoms with Crippen molar-refractivity contribution in [2.75, 3.05) is 20.2 Å². The second-order valence-electron chi connectivity index (χ2n) is 5.71. The summed E-state index contributed by atoms with van der Waals surface area (Å²) in [5.41, 5.74) is 0.813. The van der Waals surface area contributed by atoms with Crippen LogP contribution in [0.5, 0.6) is 0 Å². The van der Waals surface area contributed by atoms with Gasteiger partial charge in [-0.15, -0.1) is 0 Å². The van der Waals surface area contributed by atoms with Gasteiger partial charge in [0, 0.05) is 20.2 Å². The Labute approximate surface area is 145 Å². The zero-order chi connectivity index (χ0) is 17.9. The van der Waals surface area contributed by atoms with Crippen LogP contribution in [0.25, 0.3) is 0 Å². The number of hydrogen-bond donors (Lipinski definition) is 2. The molecule has 7 nitrogen and oxygen atoms in total. The third kappa shape index (κ3) is 3.10. The van der Waals surface area contributed by atoms with Gasteiger partial charge in [-0.3, -0.25) is 9.59 Å². The second kappa shape index (κ2) is 6.98. The lowest BCUT2D eigenvalue weighted by molar-refractivity contribution is 0.0111. The first-order valence-corrected chi connectivity index (χ1v) is 8.17. The van der Waals surface area contributed by atoms with Crippen LogP contribution < -0.4 is 10.6 Å². The summed E-state index contributed by atoms with van der Waals surface area (Å²) in [5.74, 6) is -0.591. The Balaban J connectivity index is 2.22. The Morgan fingerprint density at radius 3 is 1.84 bits per heavy atom. The highest BCUT2D eigenvalue weighted by atomic mass is 16.5. The van der Waals surface area contributed by atoms with E-state index in [0.29, 0.717) is 42.3 Å². The van der Waals surface area contributed by atoms with Crippen molar-refractivity contribution < 1.29 is 14.3 Å². The van der Waals surface area contributed by atoms with Crippen molar-refractivity contribution >= 4 is 11.8 Å². The highest BCUT2D eigenvalue weighted by Gasteiger charge is 2.36. The molecule has 4 bridgehead atoms. The topological polar surface area (TPSA) is 93.2 Å². The van der Waals surface area contributed by atoms with Crippen molar-refractivity contribution in [1.82, 2.24) is 20.6 Å². The maximum Gasteiger partial charge on any atom is 0.269 e. The Morgan fingerprint density at radius 1 is 0.960 bits per heavy atom. The van der Waals surface area contributed by atoms with Gasteiger partial charge in [0.25, 0.3) is 11.8 Å². The molecule has 0 aliphatic carbocycles. The Morgan fingerprint density at radius 2 is 1.44 bits per heavy atom. The van der Waals surface area contributed by atoms with E-state index < -0.39 is 5.60 Å². The summed E-state index contributed by atoms with van der Waals surface area (Å²) in [6.07, 6.45) is 0.541. The van der Waals surface area contributed by atoms with Crippen LogP contribution >= 0.6 is 0 Å². The van der Waals surface area contributed by atoms with Crippen molar-refractivity contribution in [3.63, 3.8) is 0 Å². The summed E-state index contributed by atoms with van der Waals surface area (Å²) in [6, 6.07) is 10.4. The number of carbonyl (C=O) groups is 2. The Bertz CT molecular complexity index is 739. The number of aromatic nitrogens is 2. The summed E-state index contributed by atoms with van der Waals surface area (Å²) < 4.78 is 5.82. The molecule has 0 aromatic carbocycles. The molecule has 2 aromatic rings. The summed E-state index contributed by atoms with van der Waals surface area (Å²) in [4.78, 5) is 33.6. The zero-order valence-corrected chi connectivity index (χ0v) is 14.2. The van der Waals surface area contributed by atoms with Gasteiger partial charge in [-0.2, -0.15) is 0 Å². The van der Waals surface area contributed by atoms with Crippen LogP contribution in [-0.2, 0) is 10.3 Å². The summed E-state index contributed by atoms with van der Waals surface area (Å²) in [6.45, 7) is 2.56. The SMILES string of the molecule is CCC1(OC)c2cccc(n2)C(=O)NCCNC(=O)c2cccc1n2. The van der Waals surface area contributed by atoms with Crippen molar-refractivity contribution in [2.45, 2.75) is 18.9 Å².